The van der Waals surface area contributed by atoms with Crippen molar-refractivity contribution in [3.05, 3.63) is 101 Å². The molecule has 166 valence electrons. The molecule has 6 heteroatoms. The van der Waals surface area contributed by atoms with E-state index in [2.05, 4.69) is 58.8 Å². The molecule has 5 nitrogen and oxygen atoms in total. The molecule has 1 aliphatic rings. The maximum atomic E-state index is 13.0. The normalized spacial score (nSPS) is 16.0. The number of hydrogen-bond acceptors (Lipinski definition) is 4. The molecule has 1 aromatic heterocycles. The van der Waals surface area contributed by atoms with Crippen molar-refractivity contribution in [3.8, 4) is 0 Å². The van der Waals surface area contributed by atoms with Crippen molar-refractivity contribution in [2.24, 2.45) is 0 Å². The van der Waals surface area contributed by atoms with Gasteiger partial charge in [-0.1, -0.05) is 60.7 Å². The number of nitrogens with zero attached hydrogens (tertiary/aromatic N) is 2. The molecule has 1 unspecified atom stereocenters. The number of fused-ring (bicyclic) bond motifs is 1. The zero-order valence-corrected chi connectivity index (χ0v) is 19.0. The van der Waals surface area contributed by atoms with Crippen LogP contribution in [0.15, 0.2) is 84.4 Å². The predicted octanol–water partition coefficient (Wildman–Crippen LogP) is 4.85. The van der Waals surface area contributed by atoms with Gasteiger partial charge in [-0.25, -0.2) is 4.98 Å². The van der Waals surface area contributed by atoms with Crippen molar-refractivity contribution in [3.63, 3.8) is 0 Å². The van der Waals surface area contributed by atoms with Crippen LogP contribution in [0, 0.1) is 0 Å². The first-order valence-electron chi connectivity index (χ1n) is 11.2. The van der Waals surface area contributed by atoms with E-state index in [1.807, 2.05) is 29.2 Å². The minimum absolute atomic E-state index is 0.00194. The summed E-state index contributed by atoms with van der Waals surface area (Å²) >= 11 is 1.50. The minimum Gasteiger partial charge on any atom is -0.341 e. The van der Waals surface area contributed by atoms with Gasteiger partial charge in [0.15, 0.2) is 0 Å². The molecular formula is C27H25N3O2S. The van der Waals surface area contributed by atoms with E-state index >= 15 is 0 Å². The van der Waals surface area contributed by atoms with Crippen LogP contribution in [0.4, 0.5) is 0 Å². The topological polar surface area (TPSA) is 62.3 Å². The molecule has 1 N–H and O–H groups in total. The van der Waals surface area contributed by atoms with Crippen molar-refractivity contribution in [1.29, 1.82) is 0 Å². The van der Waals surface area contributed by atoms with Crippen molar-refractivity contribution in [2.75, 3.05) is 13.1 Å². The summed E-state index contributed by atoms with van der Waals surface area (Å²) in [6.07, 6.45) is 1.47. The predicted molar refractivity (Wildman–Crippen MR) is 131 cm³/mol. The van der Waals surface area contributed by atoms with Gasteiger partial charge < -0.3 is 10.2 Å². The number of likely N-dealkylation sites (tertiary alicyclic amines) is 1. The van der Waals surface area contributed by atoms with Crippen LogP contribution in [0.1, 0.15) is 40.2 Å². The van der Waals surface area contributed by atoms with E-state index in [9.17, 15) is 9.59 Å². The van der Waals surface area contributed by atoms with Crippen LogP contribution in [0.3, 0.4) is 0 Å². The average molecular weight is 456 g/mol. The Labute approximate surface area is 197 Å². The smallest absolute Gasteiger partial charge is 0.251 e. The summed E-state index contributed by atoms with van der Waals surface area (Å²) in [5, 5.41) is 2.94. The highest BCUT2D eigenvalue weighted by Gasteiger charge is 2.33. The molecule has 1 saturated heterocycles. The number of carbonyl (C=O) groups is 2. The Morgan fingerprint density at radius 2 is 1.73 bits per heavy atom. The molecule has 2 heterocycles. The molecule has 3 aromatic carbocycles. The molecule has 0 bridgehead atoms. The molecule has 1 aliphatic heterocycles. The van der Waals surface area contributed by atoms with Crippen LogP contribution in [-0.2, 0) is 4.79 Å². The second-order valence-electron chi connectivity index (χ2n) is 8.34. The molecule has 0 aliphatic carbocycles. The Morgan fingerprint density at radius 3 is 2.42 bits per heavy atom. The maximum Gasteiger partial charge on any atom is 0.251 e. The molecular weight excluding hydrogens is 430 g/mol. The first kappa shape index (κ1) is 21.3. The number of benzene rings is 3. The third-order valence-electron chi connectivity index (χ3n) is 6.29. The Hall–Kier alpha value is -3.51. The maximum absolute atomic E-state index is 13.0. The van der Waals surface area contributed by atoms with Gasteiger partial charge >= 0.3 is 0 Å². The van der Waals surface area contributed by atoms with Crippen LogP contribution >= 0.6 is 11.3 Å². The van der Waals surface area contributed by atoms with E-state index in [0.29, 0.717) is 25.1 Å². The van der Waals surface area contributed by atoms with E-state index in [1.165, 1.54) is 22.5 Å². The number of carbonyl (C=O) groups excluding carboxylic acids is 2. The molecule has 1 atom stereocenters. The fourth-order valence-corrected chi connectivity index (χ4v) is 5.23. The number of aromatic nitrogens is 1. The fraction of sp³-hybridized carbons (Fsp3) is 0.222. The Bertz CT molecular complexity index is 1220. The monoisotopic (exact) mass is 455 g/mol. The van der Waals surface area contributed by atoms with Gasteiger partial charge in [-0.2, -0.15) is 0 Å². The highest BCUT2D eigenvalue weighted by molar-refractivity contribution is 7.16. The summed E-state index contributed by atoms with van der Waals surface area (Å²) in [6, 6.07) is 25.8. The summed E-state index contributed by atoms with van der Waals surface area (Å²) in [4.78, 5) is 31.9. The lowest BCUT2D eigenvalue weighted by Gasteiger charge is -2.23. The van der Waals surface area contributed by atoms with Crippen molar-refractivity contribution >= 4 is 33.4 Å². The van der Waals surface area contributed by atoms with Gasteiger partial charge in [0.25, 0.3) is 5.91 Å². The lowest BCUT2D eigenvalue weighted by Crippen LogP contribution is -2.41. The summed E-state index contributed by atoms with van der Waals surface area (Å²) in [5.41, 5.74) is 5.71. The van der Waals surface area contributed by atoms with E-state index < -0.39 is 6.04 Å². The zero-order chi connectivity index (χ0) is 22.6. The van der Waals surface area contributed by atoms with Crippen LogP contribution in [0.2, 0.25) is 0 Å². The Kier molecular flexibility index (Phi) is 6.17. The molecule has 4 aromatic rings. The van der Waals surface area contributed by atoms with Crippen LogP contribution in [0.5, 0.6) is 0 Å². The number of nitrogens with one attached hydrogen (secondary N) is 1. The van der Waals surface area contributed by atoms with Gasteiger partial charge in [-0.05, 0) is 42.2 Å². The van der Waals surface area contributed by atoms with Gasteiger partial charge in [0, 0.05) is 24.6 Å². The summed E-state index contributed by atoms with van der Waals surface area (Å²) in [6.45, 7) is 1.32. The fourth-order valence-electron chi connectivity index (χ4n) is 4.51. The van der Waals surface area contributed by atoms with E-state index in [0.717, 1.165) is 16.6 Å². The Morgan fingerprint density at radius 1 is 1.03 bits per heavy atom. The van der Waals surface area contributed by atoms with E-state index in [1.54, 1.807) is 11.6 Å². The lowest BCUT2D eigenvalue weighted by molar-refractivity contribution is -0.129. The highest BCUT2D eigenvalue weighted by atomic mass is 32.1. The van der Waals surface area contributed by atoms with Crippen LogP contribution in [-0.4, -0.2) is 40.8 Å². The first-order chi connectivity index (χ1) is 16.2. The molecule has 2 amide bonds. The second-order valence-corrected chi connectivity index (χ2v) is 9.22. The van der Waals surface area contributed by atoms with E-state index in [-0.39, 0.29) is 17.7 Å². The number of hydrogen-bond donors (Lipinski definition) is 1. The van der Waals surface area contributed by atoms with Gasteiger partial charge in [-0.3, -0.25) is 9.59 Å². The molecule has 1 fully saturated rings. The second kappa shape index (κ2) is 9.55. The third kappa shape index (κ3) is 4.66. The minimum atomic E-state index is -0.471. The molecule has 0 spiro atoms. The van der Waals surface area contributed by atoms with Gasteiger partial charge in [0.05, 0.1) is 15.7 Å². The number of rotatable bonds is 7. The Balaban J connectivity index is 1.23. The average Bonchev–Trinajstić information content (AvgIpc) is 3.47. The van der Waals surface area contributed by atoms with Crippen molar-refractivity contribution < 1.29 is 9.59 Å². The van der Waals surface area contributed by atoms with Crippen LogP contribution in [0.25, 0.3) is 10.2 Å². The largest absolute Gasteiger partial charge is 0.341 e. The highest BCUT2D eigenvalue weighted by Crippen LogP contribution is 2.29. The van der Waals surface area contributed by atoms with Gasteiger partial charge in [0.2, 0.25) is 5.91 Å². The van der Waals surface area contributed by atoms with Crippen LogP contribution < -0.4 is 5.32 Å². The van der Waals surface area contributed by atoms with Gasteiger partial charge in [0.1, 0.15) is 6.04 Å². The third-order valence-corrected chi connectivity index (χ3v) is 7.08. The number of thiazole rings is 1. The van der Waals surface area contributed by atoms with Crippen molar-refractivity contribution in [1.82, 2.24) is 15.2 Å². The molecule has 33 heavy (non-hydrogen) atoms. The first-order valence-corrected chi connectivity index (χ1v) is 12.1. The van der Waals surface area contributed by atoms with E-state index in [4.69, 9.17) is 0 Å². The van der Waals surface area contributed by atoms with Gasteiger partial charge in [-0.15, -0.1) is 11.3 Å². The zero-order valence-electron chi connectivity index (χ0n) is 18.2. The molecule has 0 radical (unpaired) electrons. The summed E-state index contributed by atoms with van der Waals surface area (Å²) in [5.74, 6) is 0.0130. The quantitative estimate of drug-likeness (QED) is 0.433. The molecule has 0 saturated carbocycles. The lowest BCUT2D eigenvalue weighted by atomic mass is 9.88. The SMILES string of the molecule is O=C(NC1CCN(CCC(c2ccccc2)c2ccccc2)C1=O)c1ccc2ncsc2c1. The van der Waals surface area contributed by atoms with Crippen molar-refractivity contribution in [2.45, 2.75) is 24.8 Å². The summed E-state index contributed by atoms with van der Waals surface area (Å²) < 4.78 is 0.967. The summed E-state index contributed by atoms with van der Waals surface area (Å²) in [7, 11) is 0. The molecule has 5 rings (SSSR count). The number of amides is 2. The standard InChI is InChI=1S/C27H25N3O2S/c31-26(21-11-12-23-25(17-21)33-18-28-23)29-24-14-16-30(27(24)32)15-13-22(19-7-3-1-4-8-19)20-9-5-2-6-10-20/h1-12,17-18,22,24H,13-16H2,(H,29,31).